The smallest absolute Gasteiger partial charge is 0.321 e. The number of halogens is 1. The van der Waals surface area contributed by atoms with Crippen LogP contribution >= 0.6 is 11.6 Å². The van der Waals surface area contributed by atoms with Crippen LogP contribution in [0.25, 0.3) is 0 Å². The number of nitrogens with one attached hydrogen (secondary N) is 1. The predicted molar refractivity (Wildman–Crippen MR) is 108 cm³/mol. The van der Waals surface area contributed by atoms with Crippen molar-refractivity contribution in [1.82, 2.24) is 15.0 Å². The van der Waals surface area contributed by atoms with Crippen molar-refractivity contribution in [2.24, 2.45) is 0 Å². The Hall–Kier alpha value is -3.26. The molecule has 0 spiro atoms. The summed E-state index contributed by atoms with van der Waals surface area (Å²) < 4.78 is 16.0. The van der Waals surface area contributed by atoms with E-state index in [-0.39, 0.29) is 12.6 Å². The molecule has 2 amide bonds. The van der Waals surface area contributed by atoms with Crippen molar-refractivity contribution in [3.05, 3.63) is 65.3 Å². The summed E-state index contributed by atoms with van der Waals surface area (Å²) in [4.78, 5) is 18.2. The Balaban J connectivity index is 1.49. The molecule has 1 aromatic heterocycles. The van der Waals surface area contributed by atoms with E-state index in [0.717, 1.165) is 5.75 Å². The van der Waals surface area contributed by atoms with E-state index < -0.39 is 0 Å². The highest BCUT2D eigenvalue weighted by Gasteiger charge is 2.14. The number of para-hydroxylation sites is 1. The van der Waals surface area contributed by atoms with Gasteiger partial charge in [0.2, 0.25) is 0 Å². The van der Waals surface area contributed by atoms with Gasteiger partial charge in [-0.25, -0.2) is 4.79 Å². The summed E-state index contributed by atoms with van der Waals surface area (Å²) in [6.07, 6.45) is 0.436. The molecule has 152 valence electrons. The summed E-state index contributed by atoms with van der Waals surface area (Å²) in [6, 6.07) is 14.1. The van der Waals surface area contributed by atoms with E-state index in [1.807, 2.05) is 30.3 Å². The van der Waals surface area contributed by atoms with Crippen molar-refractivity contribution in [2.45, 2.75) is 13.0 Å². The second-order valence-corrected chi connectivity index (χ2v) is 6.59. The Morgan fingerprint density at radius 3 is 2.79 bits per heavy atom. The fraction of sp³-hybridized carbons (Fsp3) is 0.250. The molecule has 0 bridgehead atoms. The van der Waals surface area contributed by atoms with E-state index in [9.17, 15) is 4.79 Å². The summed E-state index contributed by atoms with van der Waals surface area (Å²) in [5.41, 5.74) is 0.497. The molecule has 0 aliphatic heterocycles. The lowest BCUT2D eigenvalue weighted by atomic mass is 10.3. The Kier molecular flexibility index (Phi) is 6.91. The molecule has 8 nitrogen and oxygen atoms in total. The summed E-state index contributed by atoms with van der Waals surface area (Å²) >= 11 is 5.99. The van der Waals surface area contributed by atoms with Crippen LogP contribution in [0.1, 0.15) is 11.7 Å². The zero-order chi connectivity index (χ0) is 20.6. The average Bonchev–Trinajstić information content (AvgIpc) is 3.19. The molecule has 29 heavy (non-hydrogen) atoms. The molecule has 1 heterocycles. The third-order valence-electron chi connectivity index (χ3n) is 4.04. The summed E-state index contributed by atoms with van der Waals surface area (Å²) in [5.74, 6) is 2.12. The van der Waals surface area contributed by atoms with Crippen LogP contribution in [-0.2, 0) is 13.0 Å². The quantitative estimate of drug-likeness (QED) is 0.596. The second kappa shape index (κ2) is 9.79. The summed E-state index contributed by atoms with van der Waals surface area (Å²) in [5, 5.41) is 7.20. The van der Waals surface area contributed by atoms with Gasteiger partial charge in [0.15, 0.2) is 12.4 Å². The van der Waals surface area contributed by atoms with Gasteiger partial charge in [-0.2, -0.15) is 4.98 Å². The van der Waals surface area contributed by atoms with Gasteiger partial charge in [0.1, 0.15) is 11.5 Å². The van der Waals surface area contributed by atoms with E-state index in [4.69, 9.17) is 25.6 Å². The molecular weight excluding hydrogens is 396 g/mol. The average molecular weight is 417 g/mol. The number of ether oxygens (including phenoxy) is 2. The third kappa shape index (κ3) is 5.86. The Labute approximate surface area is 173 Å². The first-order valence-electron chi connectivity index (χ1n) is 8.90. The van der Waals surface area contributed by atoms with E-state index in [1.165, 1.54) is 12.0 Å². The van der Waals surface area contributed by atoms with Crippen LogP contribution in [0.15, 0.2) is 53.1 Å². The van der Waals surface area contributed by atoms with Crippen molar-refractivity contribution in [1.29, 1.82) is 0 Å². The van der Waals surface area contributed by atoms with Gasteiger partial charge in [0, 0.05) is 25.0 Å². The van der Waals surface area contributed by atoms with Crippen LogP contribution in [0.2, 0.25) is 5.02 Å². The Morgan fingerprint density at radius 1 is 1.24 bits per heavy atom. The third-order valence-corrected chi connectivity index (χ3v) is 4.27. The maximum absolute atomic E-state index is 12.4. The fourth-order valence-corrected chi connectivity index (χ4v) is 2.64. The highest BCUT2D eigenvalue weighted by atomic mass is 35.5. The molecule has 9 heteroatoms. The largest absolute Gasteiger partial charge is 0.495 e. The van der Waals surface area contributed by atoms with E-state index in [1.54, 1.807) is 25.2 Å². The lowest BCUT2D eigenvalue weighted by Crippen LogP contribution is -2.33. The highest BCUT2D eigenvalue weighted by Crippen LogP contribution is 2.27. The van der Waals surface area contributed by atoms with Crippen LogP contribution in [0.4, 0.5) is 10.5 Å². The Morgan fingerprint density at radius 2 is 2.03 bits per heavy atom. The molecule has 0 aliphatic rings. The highest BCUT2D eigenvalue weighted by molar-refractivity contribution is 6.31. The van der Waals surface area contributed by atoms with Gasteiger partial charge in [-0.15, -0.1) is 0 Å². The number of carbonyl (C=O) groups is 1. The van der Waals surface area contributed by atoms with E-state index in [0.29, 0.717) is 41.1 Å². The van der Waals surface area contributed by atoms with Crippen LogP contribution in [0, 0.1) is 0 Å². The van der Waals surface area contributed by atoms with Crippen LogP contribution in [0.3, 0.4) is 0 Å². The monoisotopic (exact) mass is 416 g/mol. The number of benzene rings is 2. The van der Waals surface area contributed by atoms with Gasteiger partial charge in [-0.05, 0) is 30.3 Å². The van der Waals surface area contributed by atoms with Crippen molar-refractivity contribution in [3.63, 3.8) is 0 Å². The predicted octanol–water partition coefficient (Wildman–Crippen LogP) is 4.02. The number of nitrogens with zero attached hydrogens (tertiary/aromatic N) is 3. The van der Waals surface area contributed by atoms with Crippen molar-refractivity contribution < 1.29 is 18.8 Å². The van der Waals surface area contributed by atoms with Gasteiger partial charge >= 0.3 is 6.03 Å². The standard InChI is InChI=1S/C20H21ClN4O4/c1-25(20(26)22-16-12-14(21)8-9-17(16)27-2)11-10-18-23-19(29-24-18)13-28-15-6-4-3-5-7-15/h3-9,12H,10-11,13H2,1-2H3,(H,22,26). The number of anilines is 1. The zero-order valence-corrected chi connectivity index (χ0v) is 16.8. The molecule has 0 unspecified atom stereocenters. The molecule has 3 rings (SSSR count). The van der Waals surface area contributed by atoms with Gasteiger partial charge in [-0.1, -0.05) is 35.0 Å². The van der Waals surface area contributed by atoms with Gasteiger partial charge in [-0.3, -0.25) is 0 Å². The van der Waals surface area contributed by atoms with Crippen molar-refractivity contribution in [3.8, 4) is 11.5 Å². The minimum Gasteiger partial charge on any atom is -0.495 e. The minimum atomic E-state index is -0.304. The number of rotatable bonds is 8. The second-order valence-electron chi connectivity index (χ2n) is 6.15. The topological polar surface area (TPSA) is 89.7 Å². The molecule has 1 N–H and O–H groups in total. The molecule has 0 radical (unpaired) electrons. The number of likely N-dealkylation sites (N-methyl/N-ethyl adjacent to an activating group) is 1. The molecule has 0 atom stereocenters. The lowest BCUT2D eigenvalue weighted by molar-refractivity contribution is 0.222. The molecule has 0 aliphatic carbocycles. The number of hydrogen-bond acceptors (Lipinski definition) is 6. The first-order valence-corrected chi connectivity index (χ1v) is 9.28. The number of aromatic nitrogens is 2. The maximum Gasteiger partial charge on any atom is 0.321 e. The van der Waals surface area contributed by atoms with Crippen molar-refractivity contribution in [2.75, 3.05) is 26.0 Å². The molecule has 3 aromatic rings. The SMILES string of the molecule is COc1ccc(Cl)cc1NC(=O)N(C)CCc1noc(COc2ccccc2)n1. The number of amides is 2. The normalized spacial score (nSPS) is 10.4. The van der Waals surface area contributed by atoms with Crippen LogP contribution in [0.5, 0.6) is 11.5 Å². The van der Waals surface area contributed by atoms with E-state index in [2.05, 4.69) is 15.5 Å². The lowest BCUT2D eigenvalue weighted by Gasteiger charge is -2.18. The molecule has 0 saturated heterocycles. The van der Waals surface area contributed by atoms with Gasteiger partial charge in [0.25, 0.3) is 5.89 Å². The Bertz CT molecular complexity index is 949. The van der Waals surface area contributed by atoms with Gasteiger partial charge in [0.05, 0.1) is 12.8 Å². The van der Waals surface area contributed by atoms with Gasteiger partial charge < -0.3 is 24.2 Å². The number of urea groups is 1. The summed E-state index contributed by atoms with van der Waals surface area (Å²) in [6.45, 7) is 0.579. The fourth-order valence-electron chi connectivity index (χ4n) is 2.47. The van der Waals surface area contributed by atoms with E-state index >= 15 is 0 Å². The zero-order valence-electron chi connectivity index (χ0n) is 16.1. The minimum absolute atomic E-state index is 0.182. The molecule has 2 aromatic carbocycles. The maximum atomic E-state index is 12.4. The number of methoxy groups -OCH3 is 1. The summed E-state index contributed by atoms with van der Waals surface area (Å²) in [7, 11) is 3.20. The first-order chi connectivity index (χ1) is 14.0. The first kappa shape index (κ1) is 20.5. The van der Waals surface area contributed by atoms with Crippen molar-refractivity contribution >= 4 is 23.3 Å². The molecule has 0 saturated carbocycles. The van der Waals surface area contributed by atoms with Crippen LogP contribution < -0.4 is 14.8 Å². The number of carbonyl (C=O) groups excluding carboxylic acids is 1. The molecular formula is C20H21ClN4O4. The molecule has 0 fully saturated rings. The van der Waals surface area contributed by atoms with Crippen LogP contribution in [-0.4, -0.2) is 41.8 Å². The number of hydrogen-bond donors (Lipinski definition) is 1.